The number of thiazole rings is 1. The van der Waals surface area contributed by atoms with Gasteiger partial charge in [0.2, 0.25) is 0 Å². The Balaban J connectivity index is 2.34. The Morgan fingerprint density at radius 2 is 2.29 bits per heavy atom. The number of rotatable bonds is 4. The van der Waals surface area contributed by atoms with Crippen molar-refractivity contribution in [2.24, 2.45) is 0 Å². The molecule has 2 N–H and O–H groups in total. The van der Waals surface area contributed by atoms with E-state index in [2.05, 4.69) is 22.5 Å². The van der Waals surface area contributed by atoms with Crippen molar-refractivity contribution >= 4 is 28.7 Å². The molecular weight excluding hydrogens is 214 g/mol. The molecule has 0 radical (unpaired) electrons. The van der Waals surface area contributed by atoms with Gasteiger partial charge in [0.1, 0.15) is 5.01 Å². The van der Waals surface area contributed by atoms with Gasteiger partial charge in [-0.25, -0.2) is 4.98 Å². The molecule has 0 amide bonds. The lowest BCUT2D eigenvalue weighted by Crippen LogP contribution is -2.34. The number of aromatic nitrogens is 1. The first kappa shape index (κ1) is 11.4. The lowest BCUT2D eigenvalue weighted by atomic mass is 10.4. The van der Waals surface area contributed by atoms with E-state index in [9.17, 15) is 0 Å². The van der Waals surface area contributed by atoms with Crippen LogP contribution in [0.3, 0.4) is 0 Å². The van der Waals surface area contributed by atoms with Crippen molar-refractivity contribution in [1.82, 2.24) is 15.6 Å². The minimum absolute atomic E-state index is 0.695. The van der Waals surface area contributed by atoms with E-state index in [1.165, 1.54) is 4.88 Å². The van der Waals surface area contributed by atoms with Gasteiger partial charge in [0.05, 0.1) is 6.54 Å². The largest absolute Gasteiger partial charge is 0.363 e. The predicted molar refractivity (Wildman–Crippen MR) is 64.6 cm³/mol. The van der Waals surface area contributed by atoms with E-state index >= 15 is 0 Å². The molecule has 5 heteroatoms. The van der Waals surface area contributed by atoms with Crippen LogP contribution in [0.4, 0.5) is 0 Å². The highest BCUT2D eigenvalue weighted by atomic mass is 32.1. The molecule has 0 unspecified atom stereocenters. The summed E-state index contributed by atoms with van der Waals surface area (Å²) in [6.45, 7) is 5.72. The molecule has 1 rings (SSSR count). The van der Waals surface area contributed by atoms with Crippen molar-refractivity contribution in [1.29, 1.82) is 0 Å². The van der Waals surface area contributed by atoms with Crippen LogP contribution in [0.2, 0.25) is 0 Å². The van der Waals surface area contributed by atoms with Gasteiger partial charge in [0, 0.05) is 17.6 Å². The number of hydrogen-bond acceptors (Lipinski definition) is 3. The van der Waals surface area contributed by atoms with E-state index in [0.717, 1.165) is 24.5 Å². The Kier molecular flexibility index (Phi) is 4.82. The second-order valence-electron chi connectivity index (χ2n) is 2.79. The van der Waals surface area contributed by atoms with Crippen molar-refractivity contribution in [3.05, 3.63) is 16.1 Å². The summed E-state index contributed by atoms with van der Waals surface area (Å²) in [5, 5.41) is 7.92. The smallest absolute Gasteiger partial charge is 0.166 e. The van der Waals surface area contributed by atoms with Crippen molar-refractivity contribution < 1.29 is 0 Å². The number of thiocarbonyl (C=S) groups is 1. The average molecular weight is 229 g/mol. The summed E-state index contributed by atoms with van der Waals surface area (Å²) in [5.41, 5.74) is 0. The number of hydrogen-bond donors (Lipinski definition) is 2. The second kappa shape index (κ2) is 5.93. The summed E-state index contributed by atoms with van der Waals surface area (Å²) in [7, 11) is 0. The Hall–Kier alpha value is -0.680. The average Bonchev–Trinajstić information content (AvgIpc) is 2.63. The third-order valence-corrected chi connectivity index (χ3v) is 3.12. The standard InChI is InChI=1S/C9H15N3S2/c1-3-7-5-11-8(14-7)6-12-9(13)10-4-2/h5H,3-4,6H2,1-2H3,(H2,10,12,13). The molecule has 0 aliphatic heterocycles. The molecule has 1 aromatic rings. The molecule has 3 nitrogen and oxygen atoms in total. The molecule has 0 aliphatic rings. The predicted octanol–water partition coefficient (Wildman–Crippen LogP) is 1.69. The van der Waals surface area contributed by atoms with Gasteiger partial charge in [-0.3, -0.25) is 0 Å². The number of nitrogens with one attached hydrogen (secondary N) is 2. The van der Waals surface area contributed by atoms with Gasteiger partial charge in [0.25, 0.3) is 0 Å². The lowest BCUT2D eigenvalue weighted by molar-refractivity contribution is 0.848. The van der Waals surface area contributed by atoms with Crippen molar-refractivity contribution in [2.75, 3.05) is 6.54 Å². The summed E-state index contributed by atoms with van der Waals surface area (Å²) >= 11 is 6.77. The fraction of sp³-hybridized carbons (Fsp3) is 0.556. The zero-order chi connectivity index (χ0) is 10.4. The third-order valence-electron chi connectivity index (χ3n) is 1.69. The summed E-state index contributed by atoms with van der Waals surface area (Å²) in [6.07, 6.45) is 2.98. The molecule has 0 spiro atoms. The van der Waals surface area contributed by atoms with Crippen LogP contribution in [0.5, 0.6) is 0 Å². The monoisotopic (exact) mass is 229 g/mol. The van der Waals surface area contributed by atoms with Gasteiger partial charge in [-0.1, -0.05) is 6.92 Å². The zero-order valence-electron chi connectivity index (χ0n) is 8.46. The maximum Gasteiger partial charge on any atom is 0.166 e. The molecule has 0 aromatic carbocycles. The van der Waals surface area contributed by atoms with Crippen LogP contribution in [0.25, 0.3) is 0 Å². The minimum Gasteiger partial charge on any atom is -0.363 e. The zero-order valence-corrected chi connectivity index (χ0v) is 10.1. The molecule has 14 heavy (non-hydrogen) atoms. The Morgan fingerprint density at radius 3 is 2.86 bits per heavy atom. The number of nitrogens with zero attached hydrogens (tertiary/aromatic N) is 1. The second-order valence-corrected chi connectivity index (χ2v) is 4.39. The fourth-order valence-electron chi connectivity index (χ4n) is 0.972. The van der Waals surface area contributed by atoms with Crippen LogP contribution in [0.1, 0.15) is 23.7 Å². The van der Waals surface area contributed by atoms with Crippen LogP contribution in [-0.2, 0) is 13.0 Å². The van der Waals surface area contributed by atoms with Crippen LogP contribution < -0.4 is 10.6 Å². The van der Waals surface area contributed by atoms with Gasteiger partial charge in [-0.2, -0.15) is 0 Å². The van der Waals surface area contributed by atoms with Crippen molar-refractivity contribution in [3.63, 3.8) is 0 Å². The van der Waals surface area contributed by atoms with Crippen molar-refractivity contribution in [3.8, 4) is 0 Å². The molecule has 0 saturated heterocycles. The quantitative estimate of drug-likeness (QED) is 0.771. The van der Waals surface area contributed by atoms with E-state index in [-0.39, 0.29) is 0 Å². The van der Waals surface area contributed by atoms with Gasteiger partial charge in [-0.05, 0) is 25.6 Å². The van der Waals surface area contributed by atoms with E-state index in [4.69, 9.17) is 12.2 Å². The molecule has 1 aromatic heterocycles. The maximum absolute atomic E-state index is 5.04. The first-order valence-electron chi connectivity index (χ1n) is 4.71. The molecule has 0 fully saturated rings. The van der Waals surface area contributed by atoms with Gasteiger partial charge in [-0.15, -0.1) is 11.3 Å². The third kappa shape index (κ3) is 3.59. The SMILES string of the molecule is CCNC(=S)NCc1ncc(CC)s1. The molecule has 0 atom stereocenters. The van der Waals surface area contributed by atoms with Crippen LogP contribution in [0, 0.1) is 0 Å². The summed E-state index contributed by atoms with van der Waals surface area (Å²) in [6, 6.07) is 0. The maximum atomic E-state index is 5.04. The Morgan fingerprint density at radius 1 is 1.50 bits per heavy atom. The van der Waals surface area contributed by atoms with Gasteiger partial charge in [0.15, 0.2) is 5.11 Å². The van der Waals surface area contributed by atoms with Crippen LogP contribution >= 0.6 is 23.6 Å². The van der Waals surface area contributed by atoms with E-state index in [1.54, 1.807) is 11.3 Å². The Labute approximate surface area is 93.9 Å². The molecule has 0 saturated carbocycles. The van der Waals surface area contributed by atoms with Crippen LogP contribution in [0.15, 0.2) is 6.20 Å². The Bertz CT molecular complexity index is 296. The first-order valence-corrected chi connectivity index (χ1v) is 5.94. The summed E-state index contributed by atoms with van der Waals surface area (Å²) in [5.74, 6) is 0. The number of aryl methyl sites for hydroxylation is 1. The summed E-state index contributed by atoms with van der Waals surface area (Å²) in [4.78, 5) is 5.60. The lowest BCUT2D eigenvalue weighted by Gasteiger charge is -2.05. The van der Waals surface area contributed by atoms with Crippen LogP contribution in [-0.4, -0.2) is 16.6 Å². The highest BCUT2D eigenvalue weighted by molar-refractivity contribution is 7.80. The fourth-order valence-corrected chi connectivity index (χ4v) is 1.99. The van der Waals surface area contributed by atoms with E-state index in [0.29, 0.717) is 5.11 Å². The first-order chi connectivity index (χ1) is 6.76. The molecular formula is C9H15N3S2. The topological polar surface area (TPSA) is 37.0 Å². The highest BCUT2D eigenvalue weighted by Crippen LogP contribution is 2.12. The molecule has 1 heterocycles. The van der Waals surface area contributed by atoms with Gasteiger partial charge >= 0.3 is 0 Å². The summed E-state index contributed by atoms with van der Waals surface area (Å²) < 4.78 is 0. The molecule has 0 aliphatic carbocycles. The normalized spacial score (nSPS) is 9.86. The van der Waals surface area contributed by atoms with Crippen molar-refractivity contribution in [2.45, 2.75) is 26.8 Å². The van der Waals surface area contributed by atoms with Gasteiger partial charge < -0.3 is 10.6 Å². The van der Waals surface area contributed by atoms with E-state index in [1.807, 2.05) is 13.1 Å². The molecule has 0 bridgehead atoms. The molecule has 78 valence electrons. The minimum atomic E-state index is 0.695. The highest BCUT2D eigenvalue weighted by Gasteiger charge is 2.00. The van der Waals surface area contributed by atoms with E-state index < -0.39 is 0 Å².